The minimum atomic E-state index is -2.84. The Labute approximate surface area is 189 Å². The zero-order valence-electron chi connectivity index (χ0n) is 16.5. The second kappa shape index (κ2) is 11.5. The van der Waals surface area contributed by atoms with E-state index in [4.69, 9.17) is 4.42 Å². The van der Waals surface area contributed by atoms with Crippen LogP contribution in [0.1, 0.15) is 12.6 Å². The van der Waals surface area contributed by atoms with E-state index in [0.29, 0.717) is 38.0 Å². The molecule has 0 bridgehead atoms. The van der Waals surface area contributed by atoms with Crippen LogP contribution >= 0.6 is 24.0 Å². The number of rotatable bonds is 7. The molecule has 1 aliphatic rings. The Kier molecular flexibility index (Phi) is 9.37. The molecule has 1 aromatic heterocycles. The maximum Gasteiger partial charge on any atom is 0.226 e. The molecule has 2 aromatic rings. The highest BCUT2D eigenvalue weighted by Crippen LogP contribution is 2.18. The van der Waals surface area contributed by atoms with Crippen molar-refractivity contribution >= 4 is 39.8 Å². The summed E-state index contributed by atoms with van der Waals surface area (Å²) in [4.78, 5) is 11.2. The monoisotopic (exact) mass is 533 g/mol. The maximum atomic E-state index is 11.5. The number of oxazole rings is 1. The number of nitrogens with one attached hydrogen (secondary N) is 2. The van der Waals surface area contributed by atoms with E-state index in [1.807, 2.05) is 37.3 Å². The highest BCUT2D eigenvalue weighted by molar-refractivity contribution is 14.0. The van der Waals surface area contributed by atoms with Crippen molar-refractivity contribution < 1.29 is 12.8 Å². The summed E-state index contributed by atoms with van der Waals surface area (Å²) in [5.74, 6) is 1.79. The van der Waals surface area contributed by atoms with Gasteiger partial charge in [-0.15, -0.1) is 24.0 Å². The fraction of sp³-hybridized carbons (Fsp3) is 0.474. The number of aliphatic imine (C=N–C) groups is 1. The van der Waals surface area contributed by atoms with Crippen LogP contribution in [0.5, 0.6) is 0 Å². The van der Waals surface area contributed by atoms with E-state index < -0.39 is 9.84 Å². The van der Waals surface area contributed by atoms with Crippen LogP contribution in [-0.4, -0.2) is 68.5 Å². The van der Waals surface area contributed by atoms with Crippen LogP contribution < -0.4 is 10.6 Å². The lowest BCUT2D eigenvalue weighted by atomic mass is 10.2. The molecule has 0 unspecified atom stereocenters. The molecule has 1 saturated heterocycles. The number of benzene rings is 1. The van der Waals surface area contributed by atoms with Crippen molar-refractivity contribution in [3.63, 3.8) is 0 Å². The van der Waals surface area contributed by atoms with Crippen LogP contribution in [0.15, 0.2) is 46.0 Å². The fourth-order valence-electron chi connectivity index (χ4n) is 2.90. The van der Waals surface area contributed by atoms with Crippen molar-refractivity contribution in [2.75, 3.05) is 44.2 Å². The number of hydrogen-bond acceptors (Lipinski definition) is 6. The van der Waals surface area contributed by atoms with Gasteiger partial charge in [0.2, 0.25) is 5.89 Å². The Hall–Kier alpha value is -1.66. The molecular weight excluding hydrogens is 505 g/mol. The lowest BCUT2D eigenvalue weighted by Crippen LogP contribution is -2.45. The first-order valence-corrected chi connectivity index (χ1v) is 11.3. The Balaban J connectivity index is 0.00000300. The topological polar surface area (TPSA) is 99.8 Å². The summed E-state index contributed by atoms with van der Waals surface area (Å²) >= 11 is 0. The number of aromatic nitrogens is 1. The number of hydrogen-bond donors (Lipinski definition) is 2. The van der Waals surface area contributed by atoms with Gasteiger partial charge in [-0.2, -0.15) is 0 Å². The molecule has 2 heterocycles. The van der Waals surface area contributed by atoms with Crippen LogP contribution in [0.25, 0.3) is 11.5 Å². The van der Waals surface area contributed by atoms with Gasteiger partial charge in [0, 0.05) is 38.3 Å². The van der Waals surface area contributed by atoms with E-state index in [0.717, 1.165) is 24.3 Å². The maximum absolute atomic E-state index is 11.5. The lowest BCUT2D eigenvalue weighted by molar-refractivity contribution is 0.299. The zero-order valence-corrected chi connectivity index (χ0v) is 19.7. The third kappa shape index (κ3) is 7.59. The first-order valence-electron chi connectivity index (χ1n) is 9.50. The molecule has 3 rings (SSSR count). The molecule has 8 nitrogen and oxygen atoms in total. The van der Waals surface area contributed by atoms with Crippen LogP contribution in [0.2, 0.25) is 0 Å². The third-order valence-electron chi connectivity index (χ3n) is 4.47. The average molecular weight is 533 g/mol. The lowest BCUT2D eigenvalue weighted by Gasteiger charge is -2.26. The van der Waals surface area contributed by atoms with Gasteiger partial charge in [-0.25, -0.2) is 18.4 Å². The first-order chi connectivity index (χ1) is 13.6. The highest BCUT2D eigenvalue weighted by Gasteiger charge is 2.20. The van der Waals surface area contributed by atoms with Gasteiger partial charge in [0.1, 0.15) is 12.0 Å². The number of sulfone groups is 1. The molecule has 1 aromatic carbocycles. The van der Waals surface area contributed by atoms with Gasteiger partial charge in [-0.05, 0) is 19.1 Å². The number of halogens is 1. The SMILES string of the molecule is CCNC(=NCc1coc(-c2ccccc2)n1)NCCN1CCS(=O)(=O)CC1.I. The largest absolute Gasteiger partial charge is 0.444 e. The molecule has 1 fully saturated rings. The molecule has 29 heavy (non-hydrogen) atoms. The van der Waals surface area contributed by atoms with Gasteiger partial charge >= 0.3 is 0 Å². The smallest absolute Gasteiger partial charge is 0.226 e. The minimum absolute atomic E-state index is 0. The van der Waals surface area contributed by atoms with Gasteiger partial charge in [-0.3, -0.25) is 4.90 Å². The molecule has 0 spiro atoms. The van der Waals surface area contributed by atoms with Gasteiger partial charge in [0.25, 0.3) is 0 Å². The van der Waals surface area contributed by atoms with E-state index in [-0.39, 0.29) is 35.5 Å². The highest BCUT2D eigenvalue weighted by atomic mass is 127. The Morgan fingerprint density at radius 3 is 2.62 bits per heavy atom. The van der Waals surface area contributed by atoms with Crippen molar-refractivity contribution in [3.05, 3.63) is 42.3 Å². The molecule has 0 amide bonds. The molecule has 0 saturated carbocycles. The van der Waals surface area contributed by atoms with E-state index in [1.54, 1.807) is 6.26 Å². The zero-order chi connectivity index (χ0) is 19.8. The molecule has 2 N–H and O–H groups in total. The Bertz CT molecular complexity index is 872. The summed E-state index contributed by atoms with van der Waals surface area (Å²) in [6, 6.07) is 9.76. The molecule has 1 aliphatic heterocycles. The molecule has 0 radical (unpaired) electrons. The summed E-state index contributed by atoms with van der Waals surface area (Å²) in [5.41, 5.74) is 1.70. The van der Waals surface area contributed by atoms with Gasteiger partial charge in [-0.1, -0.05) is 18.2 Å². The quantitative estimate of drug-likeness (QED) is 0.318. The van der Waals surface area contributed by atoms with Gasteiger partial charge < -0.3 is 15.1 Å². The summed E-state index contributed by atoms with van der Waals surface area (Å²) in [6.45, 7) is 5.84. The fourth-order valence-corrected chi connectivity index (χ4v) is 4.18. The summed E-state index contributed by atoms with van der Waals surface area (Å²) in [6.07, 6.45) is 1.63. The van der Waals surface area contributed by atoms with E-state index >= 15 is 0 Å². The third-order valence-corrected chi connectivity index (χ3v) is 6.08. The summed E-state index contributed by atoms with van der Waals surface area (Å²) in [7, 11) is -2.84. The first kappa shape index (κ1) is 23.6. The van der Waals surface area contributed by atoms with Gasteiger partial charge in [0.15, 0.2) is 15.8 Å². The number of guanidine groups is 1. The second-order valence-electron chi connectivity index (χ2n) is 6.63. The molecule has 0 atom stereocenters. The predicted molar refractivity (Wildman–Crippen MR) is 125 cm³/mol. The van der Waals surface area contributed by atoms with Crippen LogP contribution in [-0.2, 0) is 16.4 Å². The molecular formula is C19H28IN5O3S. The van der Waals surface area contributed by atoms with Crippen LogP contribution in [0.4, 0.5) is 0 Å². The van der Waals surface area contributed by atoms with Crippen molar-refractivity contribution in [2.45, 2.75) is 13.5 Å². The molecule has 10 heteroatoms. The number of nitrogens with zero attached hydrogens (tertiary/aromatic N) is 3. The van der Waals surface area contributed by atoms with E-state index in [1.165, 1.54) is 0 Å². The molecule has 0 aliphatic carbocycles. The summed E-state index contributed by atoms with van der Waals surface area (Å²) in [5, 5.41) is 6.50. The Morgan fingerprint density at radius 2 is 1.93 bits per heavy atom. The van der Waals surface area contributed by atoms with Crippen molar-refractivity contribution in [1.82, 2.24) is 20.5 Å². The standard InChI is InChI=1S/C19H27N5O3S.HI/c1-2-20-19(21-8-9-24-10-12-28(25,26)13-11-24)22-14-17-15-27-18(23-17)16-6-4-3-5-7-16;/h3-7,15H,2,8-14H2,1H3,(H2,20,21,22);1H. The van der Waals surface area contributed by atoms with Crippen LogP contribution in [0.3, 0.4) is 0 Å². The van der Waals surface area contributed by atoms with E-state index in [9.17, 15) is 8.42 Å². The summed E-state index contributed by atoms with van der Waals surface area (Å²) < 4.78 is 28.5. The predicted octanol–water partition coefficient (Wildman–Crippen LogP) is 1.75. The van der Waals surface area contributed by atoms with E-state index in [2.05, 4.69) is 25.5 Å². The van der Waals surface area contributed by atoms with Crippen LogP contribution in [0, 0.1) is 0 Å². The van der Waals surface area contributed by atoms with Crippen molar-refractivity contribution in [1.29, 1.82) is 0 Å². The molecule has 160 valence electrons. The Morgan fingerprint density at radius 1 is 1.21 bits per heavy atom. The van der Waals surface area contributed by atoms with Gasteiger partial charge in [0.05, 0.1) is 18.1 Å². The van der Waals surface area contributed by atoms with Crippen molar-refractivity contribution in [3.8, 4) is 11.5 Å². The second-order valence-corrected chi connectivity index (χ2v) is 8.93. The minimum Gasteiger partial charge on any atom is -0.444 e. The van der Waals surface area contributed by atoms with Crippen molar-refractivity contribution in [2.24, 2.45) is 4.99 Å². The normalized spacial score (nSPS) is 16.8. The average Bonchev–Trinajstić information content (AvgIpc) is 3.17.